The Kier molecular flexibility index (Phi) is 3.66. The molecule has 0 radical (unpaired) electrons. The van der Waals surface area contributed by atoms with Gasteiger partial charge in [0, 0.05) is 19.0 Å². The van der Waals surface area contributed by atoms with Gasteiger partial charge in [0.25, 0.3) is 0 Å². The third-order valence-corrected chi connectivity index (χ3v) is 3.79. The molecule has 0 fully saturated rings. The van der Waals surface area contributed by atoms with E-state index in [1.54, 1.807) is 11.7 Å². The maximum atomic E-state index is 12.2. The molecule has 22 heavy (non-hydrogen) atoms. The lowest BCUT2D eigenvalue weighted by Crippen LogP contribution is -2.23. The number of hydrogen-bond donors (Lipinski definition) is 2. The minimum absolute atomic E-state index is 0.0230. The molecular weight excluding hydrogens is 280 g/mol. The van der Waals surface area contributed by atoms with E-state index in [4.69, 9.17) is 0 Å². The molecule has 0 aliphatic carbocycles. The van der Waals surface area contributed by atoms with Gasteiger partial charge in [0.1, 0.15) is 5.82 Å². The lowest BCUT2D eigenvalue weighted by atomic mass is 9.95. The molecule has 1 atom stereocenters. The van der Waals surface area contributed by atoms with Crippen molar-refractivity contribution >= 4 is 23.5 Å². The second-order valence-corrected chi connectivity index (χ2v) is 5.60. The fourth-order valence-corrected chi connectivity index (χ4v) is 2.77. The Labute approximate surface area is 128 Å². The number of anilines is 2. The van der Waals surface area contributed by atoms with Crippen molar-refractivity contribution < 1.29 is 9.59 Å². The van der Waals surface area contributed by atoms with E-state index in [0.717, 1.165) is 11.1 Å². The van der Waals surface area contributed by atoms with Crippen LogP contribution in [-0.4, -0.2) is 21.6 Å². The molecule has 0 spiro atoms. The number of carbonyl (C=O) groups excluding carboxylic acids is 2. The highest BCUT2D eigenvalue weighted by Gasteiger charge is 2.29. The van der Waals surface area contributed by atoms with E-state index in [9.17, 15) is 9.59 Å². The molecule has 1 aromatic carbocycles. The summed E-state index contributed by atoms with van der Waals surface area (Å²) in [5.74, 6) is 1.09. The van der Waals surface area contributed by atoms with Crippen LogP contribution in [0.2, 0.25) is 0 Å². The van der Waals surface area contributed by atoms with E-state index < -0.39 is 0 Å². The third-order valence-electron chi connectivity index (χ3n) is 3.79. The van der Waals surface area contributed by atoms with Crippen LogP contribution in [0.4, 0.5) is 11.6 Å². The molecule has 1 aliphatic heterocycles. The fraction of sp³-hybridized carbons (Fsp3) is 0.312. The number of carbonyl (C=O) groups is 2. The summed E-state index contributed by atoms with van der Waals surface area (Å²) < 4.78 is 1.60. The van der Waals surface area contributed by atoms with Gasteiger partial charge in [-0.15, -0.1) is 0 Å². The van der Waals surface area contributed by atoms with Crippen molar-refractivity contribution in [1.29, 1.82) is 0 Å². The molecule has 1 aliphatic rings. The van der Waals surface area contributed by atoms with E-state index in [-0.39, 0.29) is 17.7 Å². The Morgan fingerprint density at radius 2 is 2.14 bits per heavy atom. The van der Waals surface area contributed by atoms with Crippen LogP contribution in [0.1, 0.15) is 30.4 Å². The van der Waals surface area contributed by atoms with Crippen LogP contribution in [0.15, 0.2) is 30.3 Å². The summed E-state index contributed by atoms with van der Waals surface area (Å²) in [5.41, 5.74) is 1.84. The second-order valence-electron chi connectivity index (χ2n) is 5.60. The number of hydrogen-bond acceptors (Lipinski definition) is 3. The molecule has 0 bridgehead atoms. The zero-order valence-electron chi connectivity index (χ0n) is 12.6. The van der Waals surface area contributed by atoms with Crippen LogP contribution < -0.4 is 10.6 Å². The van der Waals surface area contributed by atoms with Crippen molar-refractivity contribution in [1.82, 2.24) is 9.78 Å². The Hall–Kier alpha value is -2.63. The molecule has 114 valence electrons. The van der Waals surface area contributed by atoms with Crippen LogP contribution in [0.3, 0.4) is 0 Å². The van der Waals surface area contributed by atoms with E-state index in [2.05, 4.69) is 15.7 Å². The fourth-order valence-electron chi connectivity index (χ4n) is 2.77. The molecule has 3 rings (SSSR count). The predicted molar refractivity (Wildman–Crippen MR) is 83.6 cm³/mol. The van der Waals surface area contributed by atoms with Crippen LogP contribution in [0.5, 0.6) is 0 Å². The van der Waals surface area contributed by atoms with Gasteiger partial charge in [0.05, 0.1) is 6.42 Å². The normalized spacial score (nSPS) is 16.8. The largest absolute Gasteiger partial charge is 0.311 e. The second kappa shape index (κ2) is 5.63. The summed E-state index contributed by atoms with van der Waals surface area (Å²) in [7, 11) is 1.75. The van der Waals surface area contributed by atoms with E-state index in [1.165, 1.54) is 0 Å². The first-order valence-corrected chi connectivity index (χ1v) is 7.25. The molecule has 0 saturated carbocycles. The minimum atomic E-state index is -0.115. The van der Waals surface area contributed by atoms with E-state index in [0.29, 0.717) is 24.5 Å². The van der Waals surface area contributed by atoms with Crippen molar-refractivity contribution in [3.63, 3.8) is 0 Å². The maximum Gasteiger partial charge on any atom is 0.230 e. The van der Waals surface area contributed by atoms with Gasteiger partial charge in [-0.1, -0.05) is 37.3 Å². The predicted octanol–water partition coefficient (Wildman–Crippen LogP) is 2.05. The van der Waals surface area contributed by atoms with Crippen LogP contribution in [-0.2, 0) is 23.1 Å². The summed E-state index contributed by atoms with van der Waals surface area (Å²) in [5, 5.41) is 10.0. The average molecular weight is 298 g/mol. The molecule has 1 unspecified atom stereocenters. The lowest BCUT2D eigenvalue weighted by molar-refractivity contribution is -0.117. The zero-order valence-corrected chi connectivity index (χ0v) is 12.6. The third kappa shape index (κ3) is 2.72. The molecule has 6 nitrogen and oxygen atoms in total. The van der Waals surface area contributed by atoms with Crippen molar-refractivity contribution in [2.75, 3.05) is 10.6 Å². The van der Waals surface area contributed by atoms with Gasteiger partial charge in [-0.05, 0) is 11.5 Å². The number of benzene rings is 1. The van der Waals surface area contributed by atoms with E-state index >= 15 is 0 Å². The number of nitrogens with zero attached hydrogens (tertiary/aromatic N) is 2. The topological polar surface area (TPSA) is 76.0 Å². The van der Waals surface area contributed by atoms with Gasteiger partial charge in [-0.3, -0.25) is 14.3 Å². The number of amides is 2. The smallest absolute Gasteiger partial charge is 0.230 e. The number of aryl methyl sites for hydroxylation is 1. The molecule has 2 N–H and O–H groups in total. The van der Waals surface area contributed by atoms with Crippen LogP contribution in [0.25, 0.3) is 0 Å². The summed E-state index contributed by atoms with van der Waals surface area (Å²) in [6.07, 6.45) is 0.702. The summed E-state index contributed by atoms with van der Waals surface area (Å²) in [4.78, 5) is 23.8. The maximum absolute atomic E-state index is 12.2. The quantitative estimate of drug-likeness (QED) is 0.910. The average Bonchev–Trinajstić information content (AvgIpc) is 2.76. The Bertz CT molecular complexity index is 721. The highest BCUT2D eigenvalue weighted by Crippen LogP contribution is 2.36. The molecule has 2 aromatic rings. The zero-order chi connectivity index (χ0) is 15.7. The van der Waals surface area contributed by atoms with Gasteiger partial charge < -0.3 is 10.6 Å². The molecule has 2 heterocycles. The molecule has 0 saturated heterocycles. The van der Waals surface area contributed by atoms with Crippen molar-refractivity contribution in [3.8, 4) is 0 Å². The van der Waals surface area contributed by atoms with Crippen LogP contribution in [0, 0.1) is 0 Å². The molecular formula is C16H18N4O2. The summed E-state index contributed by atoms with van der Waals surface area (Å²) >= 11 is 0. The first-order chi connectivity index (χ1) is 10.5. The lowest BCUT2D eigenvalue weighted by Gasteiger charge is -2.20. The Morgan fingerprint density at radius 3 is 2.86 bits per heavy atom. The number of aromatic nitrogens is 2. The minimum Gasteiger partial charge on any atom is -0.311 e. The molecule has 1 aromatic heterocycles. The Balaban J connectivity index is 1.80. The molecule has 6 heteroatoms. The SMILES string of the molecule is CC1CC(=O)Nc2c1c(NC(=O)Cc1ccccc1)nn2C. The monoisotopic (exact) mass is 298 g/mol. The first kappa shape index (κ1) is 14.3. The van der Waals surface area contributed by atoms with Crippen LogP contribution >= 0.6 is 0 Å². The van der Waals surface area contributed by atoms with Gasteiger partial charge in [0.2, 0.25) is 11.8 Å². The highest BCUT2D eigenvalue weighted by molar-refractivity contribution is 5.98. The number of rotatable bonds is 3. The van der Waals surface area contributed by atoms with Crippen molar-refractivity contribution in [2.45, 2.75) is 25.7 Å². The van der Waals surface area contributed by atoms with Crippen molar-refractivity contribution in [2.24, 2.45) is 7.05 Å². The first-order valence-electron chi connectivity index (χ1n) is 7.25. The van der Waals surface area contributed by atoms with Gasteiger partial charge in [-0.2, -0.15) is 5.10 Å². The number of fused-ring (bicyclic) bond motifs is 1. The highest BCUT2D eigenvalue weighted by atomic mass is 16.2. The standard InChI is InChI=1S/C16H18N4O2/c1-10-8-12(21)18-16-14(10)15(19-20(16)2)17-13(22)9-11-6-4-3-5-7-11/h3-7,10H,8-9H2,1-2H3,(H,18,21)(H,17,19,22). The molecule has 2 amide bonds. The van der Waals surface area contributed by atoms with Gasteiger partial charge in [-0.25, -0.2) is 0 Å². The Morgan fingerprint density at radius 1 is 1.41 bits per heavy atom. The summed E-state index contributed by atoms with van der Waals surface area (Å²) in [6.45, 7) is 1.96. The van der Waals surface area contributed by atoms with Crippen molar-refractivity contribution in [3.05, 3.63) is 41.5 Å². The van der Waals surface area contributed by atoms with E-state index in [1.807, 2.05) is 37.3 Å². The van der Waals surface area contributed by atoms with Gasteiger partial charge in [0.15, 0.2) is 5.82 Å². The van der Waals surface area contributed by atoms with Gasteiger partial charge >= 0.3 is 0 Å². The number of nitrogens with one attached hydrogen (secondary N) is 2. The summed E-state index contributed by atoms with van der Waals surface area (Å²) in [6, 6.07) is 9.55.